The highest BCUT2D eigenvalue weighted by atomic mass is 16.3. The molecule has 4 heteroatoms. The standard InChI is InChI=1S/C24H26N2O2/c1-3-15-26(17-23-9-4-5-14-25-23)24(28)22-8-6-7-21(16-22)20-12-10-19(11-13-20)18(2)27/h4-14,16,18,27H,3,15,17H2,1-2H3. The Kier molecular flexibility index (Phi) is 6.56. The largest absolute Gasteiger partial charge is 0.389 e. The lowest BCUT2D eigenvalue weighted by molar-refractivity contribution is 0.0741. The first kappa shape index (κ1) is 19.8. The zero-order chi connectivity index (χ0) is 19.9. The average Bonchev–Trinajstić information content (AvgIpc) is 2.74. The summed E-state index contributed by atoms with van der Waals surface area (Å²) in [5, 5.41) is 9.68. The number of aromatic nitrogens is 1. The second-order valence-corrected chi connectivity index (χ2v) is 6.93. The minimum Gasteiger partial charge on any atom is -0.389 e. The van der Waals surface area contributed by atoms with Gasteiger partial charge in [0.15, 0.2) is 0 Å². The van der Waals surface area contributed by atoms with Gasteiger partial charge in [-0.2, -0.15) is 0 Å². The lowest BCUT2D eigenvalue weighted by Crippen LogP contribution is -2.31. The number of carbonyl (C=O) groups excluding carboxylic acids is 1. The molecule has 144 valence electrons. The number of amides is 1. The lowest BCUT2D eigenvalue weighted by Gasteiger charge is -2.22. The normalized spacial score (nSPS) is 11.8. The first-order valence-corrected chi connectivity index (χ1v) is 9.66. The van der Waals surface area contributed by atoms with Crippen LogP contribution in [0, 0.1) is 0 Å². The Bertz CT molecular complexity index is 905. The van der Waals surface area contributed by atoms with Crippen LogP contribution < -0.4 is 0 Å². The summed E-state index contributed by atoms with van der Waals surface area (Å²) in [4.78, 5) is 19.3. The van der Waals surface area contributed by atoms with Gasteiger partial charge in [0, 0.05) is 18.3 Å². The highest BCUT2D eigenvalue weighted by Gasteiger charge is 2.16. The Hall–Kier alpha value is -2.98. The van der Waals surface area contributed by atoms with Crippen molar-refractivity contribution in [3.8, 4) is 11.1 Å². The molecular weight excluding hydrogens is 348 g/mol. The van der Waals surface area contributed by atoms with Crippen molar-refractivity contribution in [3.05, 3.63) is 89.7 Å². The molecule has 3 rings (SSSR count). The van der Waals surface area contributed by atoms with Crippen molar-refractivity contribution in [2.24, 2.45) is 0 Å². The smallest absolute Gasteiger partial charge is 0.254 e. The number of carbonyl (C=O) groups is 1. The van der Waals surface area contributed by atoms with Crippen molar-refractivity contribution in [2.75, 3.05) is 6.54 Å². The molecule has 0 bridgehead atoms. The fourth-order valence-electron chi connectivity index (χ4n) is 3.18. The molecule has 0 radical (unpaired) electrons. The van der Waals surface area contributed by atoms with Gasteiger partial charge in [-0.1, -0.05) is 49.4 Å². The van der Waals surface area contributed by atoms with Gasteiger partial charge >= 0.3 is 0 Å². The summed E-state index contributed by atoms with van der Waals surface area (Å²) in [7, 11) is 0. The van der Waals surface area contributed by atoms with Gasteiger partial charge in [-0.05, 0) is 54.3 Å². The molecule has 0 aliphatic heterocycles. The van der Waals surface area contributed by atoms with Crippen LogP contribution in [-0.2, 0) is 6.54 Å². The molecule has 1 aromatic heterocycles. The second kappa shape index (κ2) is 9.29. The summed E-state index contributed by atoms with van der Waals surface area (Å²) in [5.41, 5.74) is 4.43. The summed E-state index contributed by atoms with van der Waals surface area (Å²) >= 11 is 0. The van der Waals surface area contributed by atoms with Gasteiger partial charge in [-0.15, -0.1) is 0 Å². The van der Waals surface area contributed by atoms with Crippen molar-refractivity contribution < 1.29 is 9.90 Å². The summed E-state index contributed by atoms with van der Waals surface area (Å²) in [6.07, 6.45) is 2.15. The molecule has 28 heavy (non-hydrogen) atoms. The van der Waals surface area contributed by atoms with Crippen LogP contribution in [0.3, 0.4) is 0 Å². The van der Waals surface area contributed by atoms with E-state index >= 15 is 0 Å². The third kappa shape index (κ3) is 4.84. The molecule has 1 heterocycles. The molecular formula is C24H26N2O2. The van der Waals surface area contributed by atoms with Gasteiger partial charge in [0.2, 0.25) is 0 Å². The van der Waals surface area contributed by atoms with Gasteiger partial charge in [0.25, 0.3) is 5.91 Å². The van der Waals surface area contributed by atoms with Crippen molar-refractivity contribution in [1.29, 1.82) is 0 Å². The number of aliphatic hydroxyl groups excluding tert-OH is 1. The number of aliphatic hydroxyl groups is 1. The molecule has 3 aromatic rings. The topological polar surface area (TPSA) is 53.4 Å². The Labute approximate surface area is 166 Å². The zero-order valence-corrected chi connectivity index (χ0v) is 16.4. The number of pyridine rings is 1. The van der Waals surface area contributed by atoms with E-state index in [4.69, 9.17) is 0 Å². The number of nitrogens with zero attached hydrogens (tertiary/aromatic N) is 2. The molecule has 0 aliphatic rings. The Morgan fingerprint density at radius 3 is 2.46 bits per heavy atom. The molecule has 1 N–H and O–H groups in total. The van der Waals surface area contributed by atoms with Crippen LogP contribution >= 0.6 is 0 Å². The van der Waals surface area contributed by atoms with Gasteiger partial charge < -0.3 is 10.0 Å². The maximum atomic E-state index is 13.1. The van der Waals surface area contributed by atoms with Crippen molar-refractivity contribution in [3.63, 3.8) is 0 Å². The molecule has 0 aliphatic carbocycles. The van der Waals surface area contributed by atoms with Crippen molar-refractivity contribution in [2.45, 2.75) is 32.9 Å². The van der Waals surface area contributed by atoms with E-state index in [-0.39, 0.29) is 5.91 Å². The number of hydrogen-bond donors (Lipinski definition) is 1. The van der Waals surface area contributed by atoms with Crippen LogP contribution in [-0.4, -0.2) is 27.4 Å². The molecule has 0 spiro atoms. The molecule has 1 unspecified atom stereocenters. The van der Waals surface area contributed by atoms with Crippen LogP contribution in [0.1, 0.15) is 48.0 Å². The highest BCUT2D eigenvalue weighted by molar-refractivity contribution is 5.95. The first-order chi connectivity index (χ1) is 13.6. The van der Waals surface area contributed by atoms with E-state index < -0.39 is 6.10 Å². The minimum absolute atomic E-state index is 0.00922. The van der Waals surface area contributed by atoms with Crippen LogP contribution in [0.4, 0.5) is 0 Å². The molecule has 0 fully saturated rings. The molecule has 1 amide bonds. The summed E-state index contributed by atoms with van der Waals surface area (Å²) < 4.78 is 0. The SMILES string of the molecule is CCCN(Cc1ccccn1)C(=O)c1cccc(-c2ccc(C(C)O)cc2)c1. The van der Waals surface area contributed by atoms with Crippen LogP contribution in [0.25, 0.3) is 11.1 Å². The van der Waals surface area contributed by atoms with Crippen molar-refractivity contribution in [1.82, 2.24) is 9.88 Å². The summed E-state index contributed by atoms with van der Waals surface area (Å²) in [6, 6.07) is 21.2. The Morgan fingerprint density at radius 2 is 1.82 bits per heavy atom. The lowest BCUT2D eigenvalue weighted by atomic mass is 10.00. The summed E-state index contributed by atoms with van der Waals surface area (Å²) in [6.45, 7) is 5.00. The van der Waals surface area contributed by atoms with E-state index in [2.05, 4.69) is 11.9 Å². The van der Waals surface area contributed by atoms with Crippen molar-refractivity contribution >= 4 is 5.91 Å². The fourth-order valence-corrected chi connectivity index (χ4v) is 3.18. The molecule has 4 nitrogen and oxygen atoms in total. The first-order valence-electron chi connectivity index (χ1n) is 9.66. The van der Waals surface area contributed by atoms with Crippen LogP contribution in [0.5, 0.6) is 0 Å². The van der Waals surface area contributed by atoms with E-state index in [1.54, 1.807) is 13.1 Å². The average molecular weight is 374 g/mol. The minimum atomic E-state index is -0.490. The van der Waals surface area contributed by atoms with Gasteiger partial charge in [-0.3, -0.25) is 9.78 Å². The molecule has 0 saturated carbocycles. The number of benzene rings is 2. The molecule has 2 aromatic carbocycles. The fraction of sp³-hybridized carbons (Fsp3) is 0.250. The van der Waals surface area contributed by atoms with E-state index in [9.17, 15) is 9.90 Å². The van der Waals surface area contributed by atoms with E-state index in [1.165, 1.54) is 0 Å². The van der Waals surface area contributed by atoms with Crippen LogP contribution in [0.15, 0.2) is 72.9 Å². The Morgan fingerprint density at radius 1 is 1.04 bits per heavy atom. The third-order valence-corrected chi connectivity index (χ3v) is 4.70. The maximum Gasteiger partial charge on any atom is 0.254 e. The third-order valence-electron chi connectivity index (χ3n) is 4.70. The number of rotatable bonds is 7. The number of hydrogen-bond acceptors (Lipinski definition) is 3. The quantitative estimate of drug-likeness (QED) is 0.643. The predicted octanol–water partition coefficient (Wildman–Crippen LogP) is 4.85. The Balaban J connectivity index is 1.83. The molecule has 1 atom stereocenters. The van der Waals surface area contributed by atoms with E-state index in [0.717, 1.165) is 28.8 Å². The summed E-state index contributed by atoms with van der Waals surface area (Å²) in [5.74, 6) is 0.00922. The predicted molar refractivity (Wildman–Crippen MR) is 112 cm³/mol. The van der Waals surface area contributed by atoms with E-state index in [1.807, 2.05) is 71.6 Å². The zero-order valence-electron chi connectivity index (χ0n) is 16.4. The highest BCUT2D eigenvalue weighted by Crippen LogP contribution is 2.23. The van der Waals surface area contributed by atoms with Gasteiger partial charge in [0.05, 0.1) is 18.3 Å². The van der Waals surface area contributed by atoms with Gasteiger partial charge in [-0.25, -0.2) is 0 Å². The second-order valence-electron chi connectivity index (χ2n) is 6.93. The maximum absolute atomic E-state index is 13.1. The monoisotopic (exact) mass is 374 g/mol. The van der Waals surface area contributed by atoms with E-state index in [0.29, 0.717) is 18.7 Å². The van der Waals surface area contributed by atoms with Crippen LogP contribution in [0.2, 0.25) is 0 Å². The van der Waals surface area contributed by atoms with Gasteiger partial charge in [0.1, 0.15) is 0 Å². The molecule has 0 saturated heterocycles.